The SMILES string of the molecule is CC(C)Oc1ccc(Br)c(CC2CCN(CCCC3CCN(C(=O)CO)CC3)CC2)c1. The molecule has 1 aromatic rings. The minimum absolute atomic E-state index is 0.118. The molecule has 5 nitrogen and oxygen atoms in total. The van der Waals surface area contributed by atoms with Gasteiger partial charge in [0.15, 0.2) is 0 Å². The molecular weight excluding hydrogens is 456 g/mol. The molecule has 0 saturated carbocycles. The van der Waals surface area contributed by atoms with Crippen LogP contribution in [0.25, 0.3) is 0 Å². The van der Waals surface area contributed by atoms with Crippen LogP contribution in [0.5, 0.6) is 5.75 Å². The van der Waals surface area contributed by atoms with Crippen LogP contribution in [0.3, 0.4) is 0 Å². The molecule has 0 aliphatic carbocycles. The Balaban J connectivity index is 1.34. The number of hydrogen-bond acceptors (Lipinski definition) is 4. The number of ether oxygens (including phenoxy) is 1. The van der Waals surface area contributed by atoms with E-state index in [2.05, 4.69) is 46.8 Å². The van der Waals surface area contributed by atoms with Gasteiger partial charge in [-0.3, -0.25) is 4.79 Å². The van der Waals surface area contributed by atoms with E-state index >= 15 is 0 Å². The summed E-state index contributed by atoms with van der Waals surface area (Å²) < 4.78 is 7.07. The summed E-state index contributed by atoms with van der Waals surface area (Å²) in [6, 6.07) is 6.37. The average Bonchev–Trinajstić information content (AvgIpc) is 2.77. The van der Waals surface area contributed by atoms with Gasteiger partial charge in [-0.2, -0.15) is 0 Å². The second kappa shape index (κ2) is 12.2. The average molecular weight is 496 g/mol. The Bertz CT molecular complexity index is 696. The fourth-order valence-corrected chi connectivity index (χ4v) is 5.36. The molecule has 0 unspecified atom stereocenters. The number of likely N-dealkylation sites (tertiary alicyclic amines) is 2. The summed E-state index contributed by atoms with van der Waals surface area (Å²) in [5, 5.41) is 8.99. The van der Waals surface area contributed by atoms with Crippen molar-refractivity contribution in [3.63, 3.8) is 0 Å². The Kier molecular flexibility index (Phi) is 9.67. The highest BCUT2D eigenvalue weighted by Gasteiger charge is 2.23. The van der Waals surface area contributed by atoms with E-state index in [1.807, 2.05) is 11.0 Å². The molecule has 2 aliphatic heterocycles. The predicted octanol–water partition coefficient (Wildman–Crippen LogP) is 4.50. The van der Waals surface area contributed by atoms with Crippen LogP contribution in [-0.4, -0.2) is 66.2 Å². The predicted molar refractivity (Wildman–Crippen MR) is 128 cm³/mol. The molecule has 1 amide bonds. The van der Waals surface area contributed by atoms with Crippen LogP contribution in [0, 0.1) is 11.8 Å². The first kappa shape index (κ1) is 24.5. The van der Waals surface area contributed by atoms with Crippen LogP contribution in [-0.2, 0) is 11.2 Å². The largest absolute Gasteiger partial charge is 0.491 e. The van der Waals surface area contributed by atoms with Crippen molar-refractivity contribution >= 4 is 21.8 Å². The number of benzene rings is 1. The third-order valence-corrected chi connectivity index (χ3v) is 7.57. The fraction of sp³-hybridized carbons (Fsp3) is 0.720. The third-order valence-electron chi connectivity index (χ3n) is 6.79. The lowest BCUT2D eigenvalue weighted by atomic mass is 9.89. The third kappa shape index (κ3) is 7.76. The number of carbonyl (C=O) groups is 1. The molecule has 2 fully saturated rings. The first-order chi connectivity index (χ1) is 14.9. The van der Waals surface area contributed by atoms with Crippen LogP contribution in [0.2, 0.25) is 0 Å². The standard InChI is InChI=1S/C25H39BrN2O3/c1-19(2)31-23-5-6-24(26)22(17-23)16-21-7-12-27(13-8-21)11-3-4-20-9-14-28(15-10-20)25(30)18-29/h5-6,17,19-21,29H,3-4,7-16,18H2,1-2H3. The van der Waals surface area contributed by atoms with Crippen molar-refractivity contribution in [2.75, 3.05) is 39.3 Å². The number of amides is 1. The zero-order valence-electron chi connectivity index (χ0n) is 19.2. The molecule has 0 atom stereocenters. The van der Waals surface area contributed by atoms with Crippen LogP contribution < -0.4 is 4.74 Å². The van der Waals surface area contributed by atoms with Gasteiger partial charge in [-0.05, 0) is 114 Å². The van der Waals surface area contributed by atoms with Gasteiger partial charge in [0.1, 0.15) is 12.4 Å². The Morgan fingerprint density at radius 1 is 1.13 bits per heavy atom. The molecule has 0 radical (unpaired) electrons. The van der Waals surface area contributed by atoms with Crippen LogP contribution >= 0.6 is 15.9 Å². The van der Waals surface area contributed by atoms with Crippen molar-refractivity contribution in [1.82, 2.24) is 9.80 Å². The van der Waals surface area contributed by atoms with E-state index in [1.165, 1.54) is 55.4 Å². The topological polar surface area (TPSA) is 53.0 Å². The lowest BCUT2D eigenvalue weighted by Crippen LogP contribution is -2.40. The van der Waals surface area contributed by atoms with Crippen molar-refractivity contribution in [1.29, 1.82) is 0 Å². The summed E-state index contributed by atoms with van der Waals surface area (Å²) in [6.07, 6.45) is 8.54. The van der Waals surface area contributed by atoms with Crippen molar-refractivity contribution in [2.24, 2.45) is 11.8 Å². The molecule has 1 aromatic carbocycles. The van der Waals surface area contributed by atoms with Gasteiger partial charge < -0.3 is 19.6 Å². The maximum absolute atomic E-state index is 11.6. The first-order valence-electron chi connectivity index (χ1n) is 12.0. The number of nitrogens with zero attached hydrogens (tertiary/aromatic N) is 2. The molecule has 6 heteroatoms. The summed E-state index contributed by atoms with van der Waals surface area (Å²) in [4.78, 5) is 16.0. The van der Waals surface area contributed by atoms with Gasteiger partial charge in [-0.1, -0.05) is 15.9 Å². The van der Waals surface area contributed by atoms with Gasteiger partial charge in [0.25, 0.3) is 0 Å². The summed E-state index contributed by atoms with van der Waals surface area (Å²) in [6.45, 7) is 9.01. The quantitative estimate of drug-likeness (QED) is 0.548. The molecule has 31 heavy (non-hydrogen) atoms. The van der Waals surface area contributed by atoms with Crippen molar-refractivity contribution < 1.29 is 14.6 Å². The van der Waals surface area contributed by atoms with E-state index in [0.29, 0.717) is 0 Å². The molecule has 2 saturated heterocycles. The number of aliphatic hydroxyl groups is 1. The minimum atomic E-state index is -0.352. The van der Waals surface area contributed by atoms with Crippen molar-refractivity contribution in [3.05, 3.63) is 28.2 Å². The molecule has 174 valence electrons. The van der Waals surface area contributed by atoms with Gasteiger partial charge >= 0.3 is 0 Å². The number of piperidine rings is 2. The number of aliphatic hydroxyl groups excluding tert-OH is 1. The van der Waals surface area contributed by atoms with Crippen molar-refractivity contribution in [2.45, 2.75) is 64.9 Å². The van der Waals surface area contributed by atoms with Gasteiger partial charge in [0.2, 0.25) is 5.91 Å². The summed E-state index contributed by atoms with van der Waals surface area (Å²) in [5.74, 6) is 2.33. The lowest BCUT2D eigenvalue weighted by Gasteiger charge is -2.34. The van der Waals surface area contributed by atoms with E-state index in [1.54, 1.807) is 0 Å². The van der Waals surface area contributed by atoms with E-state index in [9.17, 15) is 4.79 Å². The monoisotopic (exact) mass is 494 g/mol. The van der Waals surface area contributed by atoms with Crippen LogP contribution in [0.4, 0.5) is 0 Å². The number of hydrogen-bond donors (Lipinski definition) is 1. The molecular formula is C25H39BrN2O3. The summed E-state index contributed by atoms with van der Waals surface area (Å²) in [7, 11) is 0. The number of carbonyl (C=O) groups excluding carboxylic acids is 1. The lowest BCUT2D eigenvalue weighted by molar-refractivity contribution is -0.135. The zero-order valence-corrected chi connectivity index (χ0v) is 20.8. The molecule has 0 aromatic heterocycles. The Morgan fingerprint density at radius 2 is 1.81 bits per heavy atom. The minimum Gasteiger partial charge on any atom is -0.491 e. The molecule has 0 spiro atoms. The summed E-state index contributed by atoms with van der Waals surface area (Å²) in [5.41, 5.74) is 1.36. The van der Waals surface area contributed by atoms with Gasteiger partial charge in [0.05, 0.1) is 6.10 Å². The van der Waals surface area contributed by atoms with E-state index < -0.39 is 0 Å². The second-order valence-corrected chi connectivity index (χ2v) is 10.4. The molecule has 2 aliphatic rings. The van der Waals surface area contributed by atoms with E-state index in [-0.39, 0.29) is 18.6 Å². The summed E-state index contributed by atoms with van der Waals surface area (Å²) >= 11 is 3.72. The highest BCUT2D eigenvalue weighted by atomic mass is 79.9. The molecule has 1 N–H and O–H groups in total. The maximum atomic E-state index is 11.6. The first-order valence-corrected chi connectivity index (χ1v) is 12.8. The van der Waals surface area contributed by atoms with E-state index in [4.69, 9.17) is 9.84 Å². The van der Waals surface area contributed by atoms with Gasteiger partial charge in [-0.25, -0.2) is 0 Å². The Morgan fingerprint density at radius 3 is 2.45 bits per heavy atom. The Labute approximate surface area is 196 Å². The van der Waals surface area contributed by atoms with Gasteiger partial charge in [0, 0.05) is 17.6 Å². The number of halogens is 1. The van der Waals surface area contributed by atoms with Gasteiger partial charge in [-0.15, -0.1) is 0 Å². The zero-order chi connectivity index (χ0) is 22.2. The maximum Gasteiger partial charge on any atom is 0.248 e. The van der Waals surface area contributed by atoms with Crippen LogP contribution in [0.15, 0.2) is 22.7 Å². The van der Waals surface area contributed by atoms with Crippen molar-refractivity contribution in [3.8, 4) is 5.75 Å². The second-order valence-electron chi connectivity index (χ2n) is 9.53. The Hall–Kier alpha value is -1.11. The fourth-order valence-electron chi connectivity index (χ4n) is 4.95. The number of rotatable bonds is 9. The molecule has 0 bridgehead atoms. The highest BCUT2D eigenvalue weighted by molar-refractivity contribution is 9.10. The van der Waals surface area contributed by atoms with Crippen LogP contribution in [0.1, 0.15) is 57.9 Å². The molecule has 2 heterocycles. The smallest absolute Gasteiger partial charge is 0.248 e. The van der Waals surface area contributed by atoms with E-state index in [0.717, 1.165) is 49.9 Å². The molecule has 3 rings (SSSR count). The highest BCUT2D eigenvalue weighted by Crippen LogP contribution is 2.29. The normalized spacial score (nSPS) is 19.2.